The summed E-state index contributed by atoms with van der Waals surface area (Å²) in [6.07, 6.45) is 8.83. The van der Waals surface area contributed by atoms with E-state index in [1.165, 1.54) is 11.6 Å². The first-order valence-electron chi connectivity index (χ1n) is 6.87. The molecule has 1 heterocycles. The topological polar surface area (TPSA) is 39.4 Å². The fourth-order valence-electron chi connectivity index (χ4n) is 1.81. The first-order chi connectivity index (χ1) is 10.2. The third-order valence-electron chi connectivity index (χ3n) is 2.76. The summed E-state index contributed by atoms with van der Waals surface area (Å²) in [4.78, 5) is 11.2. The minimum atomic E-state index is -0.383. The Bertz CT molecular complexity index is 666. The van der Waals surface area contributed by atoms with Gasteiger partial charge in [0.1, 0.15) is 11.5 Å². The molecular weight excluding hydrogens is 264 g/mol. The van der Waals surface area contributed by atoms with E-state index in [0.29, 0.717) is 18.1 Å². The fourth-order valence-corrected chi connectivity index (χ4v) is 1.81. The Hall–Kier alpha value is -2.55. The average Bonchev–Trinajstić information content (AvgIpc) is 2.46. The summed E-state index contributed by atoms with van der Waals surface area (Å²) in [5, 5.41) is 0. The summed E-state index contributed by atoms with van der Waals surface area (Å²) < 4.78 is 10.4. The van der Waals surface area contributed by atoms with E-state index in [2.05, 4.69) is 12.1 Å². The van der Waals surface area contributed by atoms with Gasteiger partial charge in [-0.1, -0.05) is 54.6 Å². The zero-order chi connectivity index (χ0) is 14.9. The minimum Gasteiger partial charge on any atom is -0.493 e. The van der Waals surface area contributed by atoms with Crippen LogP contribution in [0.2, 0.25) is 0 Å². The largest absolute Gasteiger partial charge is 0.493 e. The normalized spacial score (nSPS) is 11.3. The van der Waals surface area contributed by atoms with Crippen LogP contribution in [0.3, 0.4) is 0 Å². The molecule has 1 aromatic carbocycles. The quantitative estimate of drug-likeness (QED) is 0.594. The molecule has 0 spiro atoms. The molecule has 108 valence electrons. The summed E-state index contributed by atoms with van der Waals surface area (Å²) >= 11 is 0. The van der Waals surface area contributed by atoms with Gasteiger partial charge in [-0.15, -0.1) is 0 Å². The Labute approximate surface area is 124 Å². The van der Waals surface area contributed by atoms with Crippen molar-refractivity contribution >= 4 is 6.08 Å². The molecule has 2 aromatic rings. The van der Waals surface area contributed by atoms with Crippen LogP contribution in [0.25, 0.3) is 6.08 Å². The molecule has 0 aliphatic carbocycles. The molecule has 2 rings (SSSR count). The molecule has 0 aliphatic heterocycles. The van der Waals surface area contributed by atoms with Gasteiger partial charge in [0.15, 0.2) is 0 Å². The van der Waals surface area contributed by atoms with Crippen LogP contribution in [-0.4, -0.2) is 6.61 Å². The number of rotatable bonds is 6. The van der Waals surface area contributed by atoms with Crippen LogP contribution in [0, 0.1) is 6.92 Å². The smallest absolute Gasteiger partial charge is 0.339 e. The predicted molar refractivity (Wildman–Crippen MR) is 84.4 cm³/mol. The molecule has 3 nitrogen and oxygen atoms in total. The molecule has 0 fully saturated rings. The van der Waals surface area contributed by atoms with Gasteiger partial charge in [0.25, 0.3) is 0 Å². The number of aryl methyl sites for hydroxylation is 1. The molecule has 1 aromatic heterocycles. The zero-order valence-corrected chi connectivity index (χ0v) is 12.0. The highest BCUT2D eigenvalue weighted by Gasteiger charge is 1.97. The van der Waals surface area contributed by atoms with E-state index in [9.17, 15) is 4.79 Å². The lowest BCUT2D eigenvalue weighted by Crippen LogP contribution is -2.02. The summed E-state index contributed by atoms with van der Waals surface area (Å²) in [5.74, 6) is 1.11. The van der Waals surface area contributed by atoms with Gasteiger partial charge >= 0.3 is 5.63 Å². The van der Waals surface area contributed by atoms with Crippen LogP contribution < -0.4 is 10.4 Å². The van der Waals surface area contributed by atoms with Crippen molar-refractivity contribution in [1.29, 1.82) is 0 Å². The Morgan fingerprint density at radius 3 is 2.71 bits per heavy atom. The van der Waals surface area contributed by atoms with Gasteiger partial charge in [-0.3, -0.25) is 0 Å². The van der Waals surface area contributed by atoms with Crippen molar-refractivity contribution in [1.82, 2.24) is 0 Å². The summed E-state index contributed by atoms with van der Waals surface area (Å²) in [5.41, 5.74) is 0.788. The van der Waals surface area contributed by atoms with Crippen LogP contribution in [0.4, 0.5) is 0 Å². The molecule has 21 heavy (non-hydrogen) atoms. The average molecular weight is 282 g/mol. The van der Waals surface area contributed by atoms with Gasteiger partial charge in [-0.25, -0.2) is 4.79 Å². The van der Waals surface area contributed by atoms with Crippen LogP contribution in [0.5, 0.6) is 5.75 Å². The van der Waals surface area contributed by atoms with Gasteiger partial charge in [0, 0.05) is 6.07 Å². The highest BCUT2D eigenvalue weighted by atomic mass is 16.5. The van der Waals surface area contributed by atoms with Crippen molar-refractivity contribution in [2.75, 3.05) is 6.61 Å². The lowest BCUT2D eigenvalue weighted by atomic mass is 10.2. The molecule has 0 amide bonds. The number of ether oxygens (including phenoxy) is 1. The molecule has 0 saturated carbocycles. The Kier molecular flexibility index (Phi) is 5.59. The van der Waals surface area contributed by atoms with E-state index in [1.54, 1.807) is 13.0 Å². The molecule has 0 N–H and O–H groups in total. The van der Waals surface area contributed by atoms with E-state index in [4.69, 9.17) is 9.15 Å². The van der Waals surface area contributed by atoms with Crippen molar-refractivity contribution in [2.45, 2.75) is 13.3 Å². The summed E-state index contributed by atoms with van der Waals surface area (Å²) in [6.45, 7) is 2.25. The third-order valence-corrected chi connectivity index (χ3v) is 2.76. The van der Waals surface area contributed by atoms with Crippen LogP contribution in [0.1, 0.15) is 17.7 Å². The van der Waals surface area contributed by atoms with Crippen LogP contribution in [-0.2, 0) is 0 Å². The first-order valence-corrected chi connectivity index (χ1v) is 6.87. The minimum absolute atomic E-state index is 0.383. The molecule has 0 unspecified atom stereocenters. The number of hydrogen-bond donors (Lipinski definition) is 0. The molecule has 0 bridgehead atoms. The van der Waals surface area contributed by atoms with Gasteiger partial charge in [0.2, 0.25) is 0 Å². The van der Waals surface area contributed by atoms with Crippen LogP contribution in [0.15, 0.2) is 69.9 Å². The maximum absolute atomic E-state index is 11.2. The molecule has 0 saturated heterocycles. The molecular formula is C18H18O3. The zero-order valence-electron chi connectivity index (χ0n) is 12.0. The molecule has 0 radical (unpaired) electrons. The van der Waals surface area contributed by atoms with E-state index < -0.39 is 0 Å². The Balaban J connectivity index is 1.73. The maximum atomic E-state index is 11.2. The van der Waals surface area contributed by atoms with Crippen molar-refractivity contribution in [3.63, 3.8) is 0 Å². The standard InChI is InChI=1S/C18H18O3/c1-15-13-17(14-18(19)21-15)20-12-8-3-2-5-9-16-10-6-4-7-11-16/h2-7,9-11,13-14H,8,12H2,1H3/b3-2-,9-5+. The second-order valence-corrected chi connectivity index (χ2v) is 4.56. The number of allylic oxidation sites excluding steroid dienone is 2. The second kappa shape index (κ2) is 7.90. The molecule has 3 heteroatoms. The second-order valence-electron chi connectivity index (χ2n) is 4.56. The van der Waals surface area contributed by atoms with E-state index in [0.717, 1.165) is 6.42 Å². The Morgan fingerprint density at radius 1 is 1.14 bits per heavy atom. The van der Waals surface area contributed by atoms with Gasteiger partial charge < -0.3 is 9.15 Å². The third kappa shape index (κ3) is 5.53. The number of benzene rings is 1. The first kappa shape index (κ1) is 14.9. The van der Waals surface area contributed by atoms with Crippen molar-refractivity contribution in [2.24, 2.45) is 0 Å². The van der Waals surface area contributed by atoms with E-state index in [1.807, 2.05) is 42.5 Å². The predicted octanol–water partition coefficient (Wildman–Crippen LogP) is 3.99. The van der Waals surface area contributed by atoms with Gasteiger partial charge in [-0.2, -0.15) is 0 Å². The highest BCUT2D eigenvalue weighted by molar-refractivity contribution is 5.50. The van der Waals surface area contributed by atoms with Crippen molar-refractivity contribution in [3.05, 3.63) is 82.4 Å². The highest BCUT2D eigenvalue weighted by Crippen LogP contribution is 2.09. The number of hydrogen-bond acceptors (Lipinski definition) is 3. The van der Waals surface area contributed by atoms with E-state index >= 15 is 0 Å². The van der Waals surface area contributed by atoms with Crippen molar-refractivity contribution < 1.29 is 9.15 Å². The monoisotopic (exact) mass is 282 g/mol. The van der Waals surface area contributed by atoms with E-state index in [-0.39, 0.29) is 5.63 Å². The van der Waals surface area contributed by atoms with Crippen molar-refractivity contribution in [3.8, 4) is 5.75 Å². The maximum Gasteiger partial charge on any atom is 0.339 e. The van der Waals surface area contributed by atoms with Crippen LogP contribution >= 0.6 is 0 Å². The fraction of sp³-hybridized carbons (Fsp3) is 0.167. The van der Waals surface area contributed by atoms with Gasteiger partial charge in [-0.05, 0) is 18.9 Å². The summed E-state index contributed by atoms with van der Waals surface area (Å²) in [7, 11) is 0. The SMILES string of the molecule is Cc1cc(OCC/C=C\C=C\c2ccccc2)cc(=O)o1. The molecule has 0 atom stereocenters. The Morgan fingerprint density at radius 2 is 1.95 bits per heavy atom. The lowest BCUT2D eigenvalue weighted by molar-refractivity contribution is 0.318. The van der Waals surface area contributed by atoms with Gasteiger partial charge in [0.05, 0.1) is 12.7 Å². The lowest BCUT2D eigenvalue weighted by Gasteiger charge is -2.03. The summed E-state index contributed by atoms with van der Waals surface area (Å²) in [6, 6.07) is 13.2. The molecule has 0 aliphatic rings.